The molecular formula is C27H30N4O2. The predicted molar refractivity (Wildman–Crippen MR) is 129 cm³/mol. The summed E-state index contributed by atoms with van der Waals surface area (Å²) in [5.74, 6) is 1.78. The van der Waals surface area contributed by atoms with Crippen molar-refractivity contribution in [3.05, 3.63) is 71.5 Å². The molecule has 3 aromatic rings. The van der Waals surface area contributed by atoms with Gasteiger partial charge in [0.05, 0.1) is 24.8 Å². The van der Waals surface area contributed by atoms with E-state index in [9.17, 15) is 4.79 Å². The molecule has 3 heterocycles. The summed E-state index contributed by atoms with van der Waals surface area (Å²) < 4.78 is 5.73. The standard InChI is InChI=1S/C27H30N4O2/c1-30(2)27-28-18-22(20-8-4-3-5-9-20)26(29-27)23-11-6-14-31(23)25(32)17-19-12-13-24-21(16-19)10-7-15-33-24/h3-5,8-9,12-13,16,18,23H,6-7,10-11,14-15,17H2,1-2H3. The van der Waals surface area contributed by atoms with Crippen LogP contribution < -0.4 is 9.64 Å². The van der Waals surface area contributed by atoms with Gasteiger partial charge in [0.25, 0.3) is 0 Å². The van der Waals surface area contributed by atoms with E-state index in [1.54, 1.807) is 0 Å². The second-order valence-corrected chi connectivity index (χ2v) is 9.05. The molecule has 0 bridgehead atoms. The minimum absolute atomic E-state index is 0.0460. The minimum Gasteiger partial charge on any atom is -0.493 e. The van der Waals surface area contributed by atoms with Crippen LogP contribution in [0.15, 0.2) is 54.7 Å². The number of benzene rings is 2. The fourth-order valence-corrected chi connectivity index (χ4v) is 4.84. The van der Waals surface area contributed by atoms with Gasteiger partial charge in [-0.05, 0) is 48.4 Å². The summed E-state index contributed by atoms with van der Waals surface area (Å²) in [4.78, 5) is 26.9. The van der Waals surface area contributed by atoms with Gasteiger partial charge in [0.1, 0.15) is 5.75 Å². The summed E-state index contributed by atoms with van der Waals surface area (Å²) in [5, 5.41) is 0. The number of anilines is 1. The van der Waals surface area contributed by atoms with E-state index in [0.717, 1.165) is 67.0 Å². The maximum Gasteiger partial charge on any atom is 0.227 e. The predicted octanol–water partition coefficient (Wildman–Crippen LogP) is 4.44. The number of nitrogens with zero attached hydrogens (tertiary/aromatic N) is 4. The van der Waals surface area contributed by atoms with Gasteiger partial charge in [-0.3, -0.25) is 4.79 Å². The third-order valence-electron chi connectivity index (χ3n) is 6.51. The number of aromatic nitrogens is 2. The van der Waals surface area contributed by atoms with E-state index in [0.29, 0.717) is 12.4 Å². The third-order valence-corrected chi connectivity index (χ3v) is 6.51. The third kappa shape index (κ3) is 4.42. The molecule has 2 aliphatic rings. The molecule has 0 radical (unpaired) electrons. The molecule has 1 atom stereocenters. The van der Waals surface area contributed by atoms with E-state index < -0.39 is 0 Å². The quantitative estimate of drug-likeness (QED) is 0.585. The normalized spacial score (nSPS) is 17.4. The van der Waals surface area contributed by atoms with Gasteiger partial charge < -0.3 is 14.5 Å². The van der Waals surface area contributed by atoms with Gasteiger partial charge >= 0.3 is 0 Å². The molecule has 1 aromatic heterocycles. The Hall–Kier alpha value is -3.41. The maximum atomic E-state index is 13.5. The van der Waals surface area contributed by atoms with Gasteiger partial charge in [0, 0.05) is 32.4 Å². The number of aryl methyl sites for hydroxylation is 1. The topological polar surface area (TPSA) is 58.6 Å². The van der Waals surface area contributed by atoms with Crippen molar-refractivity contribution >= 4 is 11.9 Å². The van der Waals surface area contributed by atoms with Crippen molar-refractivity contribution < 1.29 is 9.53 Å². The molecule has 1 fully saturated rings. The van der Waals surface area contributed by atoms with Crippen LogP contribution in [-0.2, 0) is 17.6 Å². The Bertz CT molecular complexity index is 1150. The molecule has 6 heteroatoms. The van der Waals surface area contributed by atoms with Crippen LogP contribution >= 0.6 is 0 Å². The van der Waals surface area contributed by atoms with Crippen LogP contribution in [0.3, 0.4) is 0 Å². The van der Waals surface area contributed by atoms with Crippen molar-refractivity contribution in [2.45, 2.75) is 38.1 Å². The van der Waals surface area contributed by atoms with Crippen LogP contribution in [0.4, 0.5) is 5.95 Å². The average molecular weight is 443 g/mol. The van der Waals surface area contributed by atoms with Gasteiger partial charge in [0.2, 0.25) is 11.9 Å². The monoisotopic (exact) mass is 442 g/mol. The van der Waals surface area contributed by atoms with Crippen molar-refractivity contribution in [1.82, 2.24) is 14.9 Å². The van der Waals surface area contributed by atoms with Gasteiger partial charge in [-0.15, -0.1) is 0 Å². The first-order chi connectivity index (χ1) is 16.1. The number of fused-ring (bicyclic) bond motifs is 1. The summed E-state index contributed by atoms with van der Waals surface area (Å²) in [6.07, 6.45) is 6.23. The highest BCUT2D eigenvalue weighted by molar-refractivity contribution is 5.80. The number of hydrogen-bond acceptors (Lipinski definition) is 5. The number of amides is 1. The fourth-order valence-electron chi connectivity index (χ4n) is 4.84. The number of hydrogen-bond donors (Lipinski definition) is 0. The lowest BCUT2D eigenvalue weighted by molar-refractivity contribution is -0.131. The number of rotatable bonds is 5. The first-order valence-corrected chi connectivity index (χ1v) is 11.7. The van der Waals surface area contributed by atoms with Crippen LogP contribution in [0.5, 0.6) is 5.75 Å². The smallest absolute Gasteiger partial charge is 0.227 e. The Morgan fingerprint density at radius 3 is 2.82 bits per heavy atom. The summed E-state index contributed by atoms with van der Waals surface area (Å²) in [6, 6.07) is 16.3. The van der Waals surface area contributed by atoms with Crippen molar-refractivity contribution in [3.8, 4) is 16.9 Å². The molecule has 0 spiro atoms. The highest BCUT2D eigenvalue weighted by Gasteiger charge is 2.33. The SMILES string of the molecule is CN(C)c1ncc(-c2ccccc2)c(C2CCCN2C(=O)Cc2ccc3c(c2)CCCO3)n1. The molecule has 6 nitrogen and oxygen atoms in total. The van der Waals surface area contributed by atoms with E-state index in [1.807, 2.05) is 60.4 Å². The van der Waals surface area contributed by atoms with E-state index in [1.165, 1.54) is 5.56 Å². The van der Waals surface area contributed by atoms with Crippen LogP contribution in [-0.4, -0.2) is 48.0 Å². The maximum absolute atomic E-state index is 13.5. The van der Waals surface area contributed by atoms with Crippen molar-refractivity contribution in [3.63, 3.8) is 0 Å². The second kappa shape index (κ2) is 9.22. The fraction of sp³-hybridized carbons (Fsp3) is 0.370. The Morgan fingerprint density at radius 2 is 2.00 bits per heavy atom. The molecule has 0 saturated carbocycles. The zero-order chi connectivity index (χ0) is 22.8. The van der Waals surface area contributed by atoms with E-state index in [2.05, 4.69) is 23.2 Å². The molecular weight excluding hydrogens is 412 g/mol. The van der Waals surface area contributed by atoms with Crippen LogP contribution in [0, 0.1) is 0 Å². The zero-order valence-corrected chi connectivity index (χ0v) is 19.3. The first-order valence-electron chi connectivity index (χ1n) is 11.7. The molecule has 1 unspecified atom stereocenters. The molecule has 0 aliphatic carbocycles. The molecule has 33 heavy (non-hydrogen) atoms. The zero-order valence-electron chi connectivity index (χ0n) is 19.3. The molecule has 2 aliphatic heterocycles. The summed E-state index contributed by atoms with van der Waals surface area (Å²) in [6.45, 7) is 1.53. The van der Waals surface area contributed by atoms with Crippen molar-refractivity contribution in [1.29, 1.82) is 0 Å². The average Bonchev–Trinajstić information content (AvgIpc) is 3.34. The molecule has 5 rings (SSSR count). The van der Waals surface area contributed by atoms with Gasteiger partial charge in [-0.25, -0.2) is 9.97 Å². The van der Waals surface area contributed by atoms with Gasteiger partial charge in [0.15, 0.2) is 0 Å². The molecule has 1 amide bonds. The van der Waals surface area contributed by atoms with Gasteiger partial charge in [-0.2, -0.15) is 0 Å². The first kappa shape index (κ1) is 21.4. The lowest BCUT2D eigenvalue weighted by atomic mass is 9.99. The number of carbonyl (C=O) groups is 1. The Kier molecular flexibility index (Phi) is 5.99. The van der Waals surface area contributed by atoms with Crippen LogP contribution in [0.1, 0.15) is 42.1 Å². The highest BCUT2D eigenvalue weighted by Crippen LogP contribution is 2.37. The lowest BCUT2D eigenvalue weighted by Crippen LogP contribution is -2.33. The van der Waals surface area contributed by atoms with Crippen molar-refractivity contribution in [2.75, 3.05) is 32.1 Å². The van der Waals surface area contributed by atoms with Crippen LogP contribution in [0.2, 0.25) is 0 Å². The van der Waals surface area contributed by atoms with E-state index in [4.69, 9.17) is 9.72 Å². The lowest BCUT2D eigenvalue weighted by Gasteiger charge is -2.27. The number of ether oxygens (including phenoxy) is 1. The minimum atomic E-state index is -0.0460. The number of carbonyl (C=O) groups excluding carboxylic acids is 1. The second-order valence-electron chi connectivity index (χ2n) is 9.05. The Labute approximate surface area is 195 Å². The summed E-state index contributed by atoms with van der Waals surface area (Å²) >= 11 is 0. The Balaban J connectivity index is 1.44. The summed E-state index contributed by atoms with van der Waals surface area (Å²) in [7, 11) is 3.89. The summed E-state index contributed by atoms with van der Waals surface area (Å²) in [5.41, 5.74) is 5.27. The number of likely N-dealkylation sites (tertiary alicyclic amines) is 1. The molecule has 2 aromatic carbocycles. The van der Waals surface area contributed by atoms with Crippen LogP contribution in [0.25, 0.3) is 11.1 Å². The van der Waals surface area contributed by atoms with Gasteiger partial charge in [-0.1, -0.05) is 42.5 Å². The largest absolute Gasteiger partial charge is 0.493 e. The molecule has 1 saturated heterocycles. The van der Waals surface area contributed by atoms with E-state index >= 15 is 0 Å². The Morgan fingerprint density at radius 1 is 1.15 bits per heavy atom. The molecule has 170 valence electrons. The van der Waals surface area contributed by atoms with Crippen molar-refractivity contribution in [2.24, 2.45) is 0 Å². The highest BCUT2D eigenvalue weighted by atomic mass is 16.5. The van der Waals surface area contributed by atoms with E-state index in [-0.39, 0.29) is 11.9 Å². The molecule has 0 N–H and O–H groups in total.